The third kappa shape index (κ3) is 2.11. The molecule has 15 heavy (non-hydrogen) atoms. The van der Waals surface area contributed by atoms with Gasteiger partial charge in [0, 0.05) is 0 Å². The van der Waals surface area contributed by atoms with E-state index in [1.807, 2.05) is 0 Å². The molecule has 0 radical (unpaired) electrons. The topological polar surface area (TPSA) is 81.4 Å². The molecule has 0 aromatic heterocycles. The van der Waals surface area contributed by atoms with Gasteiger partial charge in [-0.1, -0.05) is 0 Å². The van der Waals surface area contributed by atoms with Crippen molar-refractivity contribution in [3.63, 3.8) is 0 Å². The van der Waals surface area contributed by atoms with Gasteiger partial charge in [0.15, 0.2) is 0 Å². The van der Waals surface area contributed by atoms with E-state index in [2.05, 4.69) is 0 Å². The van der Waals surface area contributed by atoms with Crippen molar-refractivity contribution in [3.05, 3.63) is 23.3 Å². The number of nitrogens with two attached hydrogens (primary N) is 1. The SMILES string of the molecule is COc1ccc(S(=O)(=O)NN)c(C)c1C. The molecule has 0 aliphatic carbocycles. The molecular formula is C9H14N2O3S. The second-order valence-corrected chi connectivity index (χ2v) is 4.82. The largest absolute Gasteiger partial charge is 0.496 e. The van der Waals surface area contributed by atoms with E-state index in [4.69, 9.17) is 10.6 Å². The van der Waals surface area contributed by atoms with Crippen LogP contribution in [0.3, 0.4) is 0 Å². The lowest BCUT2D eigenvalue weighted by Gasteiger charge is -2.11. The molecule has 0 aliphatic rings. The van der Waals surface area contributed by atoms with Crippen LogP contribution in [0.2, 0.25) is 0 Å². The summed E-state index contributed by atoms with van der Waals surface area (Å²) in [5.41, 5.74) is 1.42. The van der Waals surface area contributed by atoms with Gasteiger partial charge in [0.25, 0.3) is 10.0 Å². The first kappa shape index (κ1) is 12.0. The number of benzene rings is 1. The minimum atomic E-state index is -3.60. The summed E-state index contributed by atoms with van der Waals surface area (Å²) in [6.07, 6.45) is 0. The summed E-state index contributed by atoms with van der Waals surface area (Å²) >= 11 is 0. The molecule has 1 aromatic rings. The van der Waals surface area contributed by atoms with Crippen molar-refractivity contribution in [2.24, 2.45) is 5.84 Å². The van der Waals surface area contributed by atoms with Crippen LogP contribution in [0.1, 0.15) is 11.1 Å². The third-order valence-electron chi connectivity index (χ3n) is 2.35. The summed E-state index contributed by atoms with van der Waals surface area (Å²) in [5.74, 6) is 5.61. The van der Waals surface area contributed by atoms with Crippen LogP contribution >= 0.6 is 0 Å². The van der Waals surface area contributed by atoms with Gasteiger partial charge < -0.3 is 4.74 Å². The average molecular weight is 230 g/mol. The minimum absolute atomic E-state index is 0.170. The number of hydrogen-bond acceptors (Lipinski definition) is 4. The van der Waals surface area contributed by atoms with Crippen LogP contribution in [0.15, 0.2) is 17.0 Å². The van der Waals surface area contributed by atoms with Crippen LogP contribution in [0, 0.1) is 13.8 Å². The van der Waals surface area contributed by atoms with Crippen LogP contribution in [0.4, 0.5) is 0 Å². The number of ether oxygens (including phenoxy) is 1. The zero-order valence-electron chi connectivity index (χ0n) is 8.87. The maximum Gasteiger partial charge on any atom is 0.253 e. The van der Waals surface area contributed by atoms with Crippen LogP contribution in [-0.2, 0) is 10.0 Å². The summed E-state index contributed by atoms with van der Waals surface area (Å²) in [6, 6.07) is 3.07. The smallest absolute Gasteiger partial charge is 0.253 e. The molecule has 0 atom stereocenters. The normalized spacial score (nSPS) is 11.5. The molecule has 0 heterocycles. The summed E-state index contributed by atoms with van der Waals surface area (Å²) in [5, 5.41) is 0. The van der Waals surface area contributed by atoms with Gasteiger partial charge in [-0.3, -0.25) is 5.84 Å². The Kier molecular flexibility index (Phi) is 3.33. The zero-order valence-corrected chi connectivity index (χ0v) is 9.68. The van der Waals surface area contributed by atoms with Gasteiger partial charge in [0.1, 0.15) is 5.75 Å². The van der Waals surface area contributed by atoms with Crippen LogP contribution in [0.5, 0.6) is 5.75 Å². The van der Waals surface area contributed by atoms with Crippen LogP contribution in [-0.4, -0.2) is 15.5 Å². The molecule has 1 aromatic carbocycles. The highest BCUT2D eigenvalue weighted by Gasteiger charge is 2.17. The van der Waals surface area contributed by atoms with Crippen molar-refractivity contribution in [2.45, 2.75) is 18.7 Å². The fourth-order valence-electron chi connectivity index (χ4n) is 1.35. The van der Waals surface area contributed by atoms with Crippen molar-refractivity contribution in [1.82, 2.24) is 4.83 Å². The lowest BCUT2D eigenvalue weighted by atomic mass is 10.1. The van der Waals surface area contributed by atoms with E-state index in [1.54, 1.807) is 24.7 Å². The Bertz CT molecular complexity index is 468. The standard InChI is InChI=1S/C9H14N2O3S/c1-6-7(2)9(15(12,13)11-10)5-4-8(6)14-3/h4-5,11H,10H2,1-3H3. The summed E-state index contributed by atoms with van der Waals surface area (Å²) in [6.45, 7) is 3.51. The van der Waals surface area contributed by atoms with Crippen molar-refractivity contribution in [1.29, 1.82) is 0 Å². The van der Waals surface area contributed by atoms with Crippen molar-refractivity contribution < 1.29 is 13.2 Å². The summed E-state index contributed by atoms with van der Waals surface area (Å²) in [4.78, 5) is 1.96. The van der Waals surface area contributed by atoms with Gasteiger partial charge in [-0.2, -0.15) is 4.83 Å². The van der Waals surface area contributed by atoms with Gasteiger partial charge in [0.2, 0.25) is 0 Å². The maximum absolute atomic E-state index is 11.5. The molecule has 5 nitrogen and oxygen atoms in total. The van der Waals surface area contributed by atoms with Gasteiger partial charge in [-0.15, -0.1) is 0 Å². The quantitative estimate of drug-likeness (QED) is 0.584. The van der Waals surface area contributed by atoms with Crippen molar-refractivity contribution >= 4 is 10.0 Å². The predicted molar refractivity (Wildman–Crippen MR) is 57.0 cm³/mol. The monoisotopic (exact) mass is 230 g/mol. The molecule has 3 N–H and O–H groups in total. The summed E-state index contributed by atoms with van der Waals surface area (Å²) < 4.78 is 28.1. The van der Waals surface area contributed by atoms with E-state index in [1.165, 1.54) is 13.2 Å². The molecular weight excluding hydrogens is 216 g/mol. The molecule has 84 valence electrons. The summed E-state index contributed by atoms with van der Waals surface area (Å²) in [7, 11) is -2.07. The van der Waals surface area contributed by atoms with Crippen LogP contribution in [0.25, 0.3) is 0 Å². The molecule has 0 bridgehead atoms. The second kappa shape index (κ2) is 4.18. The number of hydrogen-bond donors (Lipinski definition) is 2. The Morgan fingerprint density at radius 2 is 1.87 bits per heavy atom. The van der Waals surface area contributed by atoms with E-state index in [0.717, 1.165) is 5.56 Å². The fraction of sp³-hybridized carbons (Fsp3) is 0.333. The molecule has 0 saturated carbocycles. The van der Waals surface area contributed by atoms with Gasteiger partial charge in [-0.25, -0.2) is 8.42 Å². The molecule has 1 rings (SSSR count). The highest BCUT2D eigenvalue weighted by molar-refractivity contribution is 7.89. The number of methoxy groups -OCH3 is 1. The highest BCUT2D eigenvalue weighted by atomic mass is 32.2. The minimum Gasteiger partial charge on any atom is -0.496 e. The van der Waals surface area contributed by atoms with Gasteiger partial charge in [0.05, 0.1) is 12.0 Å². The lowest BCUT2D eigenvalue weighted by Crippen LogP contribution is -2.30. The molecule has 0 amide bonds. The van der Waals surface area contributed by atoms with Crippen molar-refractivity contribution in [3.8, 4) is 5.75 Å². The Hall–Kier alpha value is -1.11. The first-order valence-corrected chi connectivity index (χ1v) is 5.79. The second-order valence-electron chi connectivity index (χ2n) is 3.14. The van der Waals surface area contributed by atoms with E-state index in [9.17, 15) is 8.42 Å². The van der Waals surface area contributed by atoms with E-state index >= 15 is 0 Å². The van der Waals surface area contributed by atoms with Gasteiger partial charge in [-0.05, 0) is 37.1 Å². The number of sulfonamides is 1. The zero-order chi connectivity index (χ0) is 11.6. The lowest BCUT2D eigenvalue weighted by molar-refractivity contribution is 0.410. The molecule has 6 heteroatoms. The first-order chi connectivity index (χ1) is 6.94. The average Bonchev–Trinajstić information content (AvgIpc) is 2.21. The maximum atomic E-state index is 11.5. The molecule has 0 spiro atoms. The number of rotatable bonds is 3. The highest BCUT2D eigenvalue weighted by Crippen LogP contribution is 2.26. The van der Waals surface area contributed by atoms with E-state index in [-0.39, 0.29) is 4.90 Å². The number of nitrogens with one attached hydrogen (secondary N) is 1. The third-order valence-corrected chi connectivity index (χ3v) is 3.68. The molecule has 0 fully saturated rings. The van der Waals surface area contributed by atoms with E-state index in [0.29, 0.717) is 11.3 Å². The molecule has 0 aliphatic heterocycles. The Morgan fingerprint density at radius 1 is 1.27 bits per heavy atom. The number of hydrazine groups is 1. The molecule has 0 saturated heterocycles. The Labute approximate surface area is 89.3 Å². The molecule has 0 unspecified atom stereocenters. The Balaban J connectivity index is 3.43. The fourth-order valence-corrected chi connectivity index (χ4v) is 2.28. The van der Waals surface area contributed by atoms with E-state index < -0.39 is 10.0 Å². The van der Waals surface area contributed by atoms with Crippen molar-refractivity contribution in [2.75, 3.05) is 7.11 Å². The Morgan fingerprint density at radius 3 is 2.33 bits per heavy atom. The van der Waals surface area contributed by atoms with Crippen LogP contribution < -0.4 is 15.4 Å². The first-order valence-electron chi connectivity index (χ1n) is 4.30. The van der Waals surface area contributed by atoms with Gasteiger partial charge >= 0.3 is 0 Å². The predicted octanol–water partition coefficient (Wildman–Crippen LogP) is 0.464.